The van der Waals surface area contributed by atoms with E-state index >= 15 is 0 Å². The second-order valence-corrected chi connectivity index (χ2v) is 4.96. The van der Waals surface area contributed by atoms with Crippen molar-refractivity contribution in [2.45, 2.75) is 13.3 Å². The van der Waals surface area contributed by atoms with E-state index in [1.807, 2.05) is 37.3 Å². The van der Waals surface area contributed by atoms with Gasteiger partial charge in [0.15, 0.2) is 5.58 Å². The quantitative estimate of drug-likeness (QED) is 0.502. The van der Waals surface area contributed by atoms with E-state index in [9.17, 15) is 0 Å². The van der Waals surface area contributed by atoms with E-state index in [0.717, 1.165) is 33.2 Å². The highest BCUT2D eigenvalue weighted by Gasteiger charge is 2.15. The number of hydrogen-bond acceptors (Lipinski definition) is 4. The van der Waals surface area contributed by atoms with Crippen molar-refractivity contribution >= 4 is 33.3 Å². The van der Waals surface area contributed by atoms with Gasteiger partial charge in [0, 0.05) is 24.2 Å². The molecule has 0 unspecified atom stereocenters. The van der Waals surface area contributed by atoms with E-state index in [1.165, 1.54) is 0 Å². The number of hydrogen-bond donors (Lipinski definition) is 3. The zero-order valence-electron chi connectivity index (χ0n) is 11.4. The number of anilines is 2. The molecule has 104 valence electrons. The van der Waals surface area contributed by atoms with Crippen LogP contribution in [0.2, 0.25) is 0 Å². The normalized spacial score (nSPS) is 11.3. The van der Waals surface area contributed by atoms with Gasteiger partial charge in [-0.3, -0.25) is 0 Å². The molecular weight excluding hydrogens is 252 g/mol. The molecule has 0 bridgehead atoms. The zero-order valence-corrected chi connectivity index (χ0v) is 11.4. The van der Waals surface area contributed by atoms with Gasteiger partial charge in [-0.1, -0.05) is 18.2 Å². The Morgan fingerprint density at radius 3 is 2.90 bits per heavy atom. The second-order valence-electron chi connectivity index (χ2n) is 4.96. The Kier molecular flexibility index (Phi) is 3.24. The van der Waals surface area contributed by atoms with Gasteiger partial charge in [0.25, 0.3) is 0 Å². The Morgan fingerprint density at radius 1 is 1.30 bits per heavy atom. The Bertz CT molecular complexity index is 762. The first-order chi connectivity index (χ1) is 9.72. The van der Waals surface area contributed by atoms with Gasteiger partial charge in [0.1, 0.15) is 5.58 Å². The van der Waals surface area contributed by atoms with Crippen LogP contribution in [0.25, 0.3) is 21.9 Å². The van der Waals surface area contributed by atoms with Crippen molar-refractivity contribution in [2.75, 3.05) is 24.2 Å². The minimum atomic E-state index is 0.177. The third kappa shape index (κ3) is 1.98. The molecule has 0 aliphatic heterocycles. The van der Waals surface area contributed by atoms with E-state index in [4.69, 9.17) is 15.3 Å². The largest absolute Gasteiger partial charge is 0.454 e. The highest BCUT2D eigenvalue weighted by molar-refractivity contribution is 6.15. The number of aryl methyl sites for hydroxylation is 1. The Hall–Kier alpha value is -2.20. The summed E-state index contributed by atoms with van der Waals surface area (Å²) < 4.78 is 5.90. The first kappa shape index (κ1) is 12.8. The topological polar surface area (TPSA) is 71.4 Å². The minimum Gasteiger partial charge on any atom is -0.454 e. The number of benzene rings is 2. The van der Waals surface area contributed by atoms with Crippen LogP contribution in [0, 0.1) is 6.92 Å². The van der Waals surface area contributed by atoms with E-state index in [2.05, 4.69) is 5.32 Å². The maximum atomic E-state index is 8.91. The maximum absolute atomic E-state index is 8.91. The lowest BCUT2D eigenvalue weighted by molar-refractivity contribution is 0.292. The highest BCUT2D eigenvalue weighted by Crippen LogP contribution is 2.39. The lowest BCUT2D eigenvalue weighted by Crippen LogP contribution is -2.04. The van der Waals surface area contributed by atoms with E-state index in [0.29, 0.717) is 18.7 Å². The van der Waals surface area contributed by atoms with Crippen molar-refractivity contribution < 1.29 is 9.52 Å². The summed E-state index contributed by atoms with van der Waals surface area (Å²) in [5, 5.41) is 14.3. The van der Waals surface area contributed by atoms with Crippen molar-refractivity contribution in [1.29, 1.82) is 0 Å². The molecule has 0 spiro atoms. The van der Waals surface area contributed by atoms with Gasteiger partial charge in [-0.25, -0.2) is 0 Å². The smallest absolute Gasteiger partial charge is 0.160 e. The van der Waals surface area contributed by atoms with Crippen molar-refractivity contribution in [2.24, 2.45) is 0 Å². The number of nitrogens with one attached hydrogen (secondary N) is 1. The van der Waals surface area contributed by atoms with Crippen LogP contribution >= 0.6 is 0 Å². The molecule has 3 aromatic rings. The molecule has 1 aromatic heterocycles. The summed E-state index contributed by atoms with van der Waals surface area (Å²) in [6.45, 7) is 2.86. The molecule has 20 heavy (non-hydrogen) atoms. The number of furan rings is 1. The number of aliphatic hydroxyl groups is 1. The van der Waals surface area contributed by atoms with Crippen LogP contribution in [0.3, 0.4) is 0 Å². The van der Waals surface area contributed by atoms with E-state index in [-0.39, 0.29) is 6.61 Å². The summed E-state index contributed by atoms with van der Waals surface area (Å²) in [5.74, 6) is 0. The van der Waals surface area contributed by atoms with E-state index < -0.39 is 0 Å². The predicted octanol–water partition coefficient (Wildman–Crippen LogP) is 3.27. The SMILES string of the molecule is Cc1cc(NCCCO)c2c(oc3ccccc32)c1N. The molecule has 2 aromatic carbocycles. The molecule has 4 N–H and O–H groups in total. The van der Waals surface area contributed by atoms with Crippen LogP contribution in [0.15, 0.2) is 34.7 Å². The van der Waals surface area contributed by atoms with Crippen LogP contribution in [0.4, 0.5) is 11.4 Å². The fourth-order valence-electron chi connectivity index (χ4n) is 2.49. The average molecular weight is 270 g/mol. The average Bonchev–Trinajstić information content (AvgIpc) is 2.84. The van der Waals surface area contributed by atoms with Gasteiger partial charge in [-0.05, 0) is 31.0 Å². The number of fused-ring (bicyclic) bond motifs is 3. The first-order valence-corrected chi connectivity index (χ1v) is 6.77. The summed E-state index contributed by atoms with van der Waals surface area (Å²) in [4.78, 5) is 0. The van der Waals surface area contributed by atoms with Crippen molar-refractivity contribution in [3.63, 3.8) is 0 Å². The lowest BCUT2D eigenvalue weighted by atomic mass is 10.1. The fourth-order valence-corrected chi connectivity index (χ4v) is 2.49. The Labute approximate surface area is 117 Å². The van der Waals surface area contributed by atoms with Crippen LogP contribution in [-0.4, -0.2) is 18.3 Å². The summed E-state index contributed by atoms with van der Waals surface area (Å²) in [5.41, 5.74) is 10.4. The molecule has 0 saturated heterocycles. The molecule has 4 heteroatoms. The van der Waals surface area contributed by atoms with Crippen LogP contribution < -0.4 is 11.1 Å². The molecule has 4 nitrogen and oxygen atoms in total. The molecule has 3 rings (SSSR count). The lowest BCUT2D eigenvalue weighted by Gasteiger charge is -2.10. The van der Waals surface area contributed by atoms with Gasteiger partial charge in [0.2, 0.25) is 0 Å². The van der Waals surface area contributed by atoms with Gasteiger partial charge < -0.3 is 20.6 Å². The molecule has 0 amide bonds. The Balaban J connectivity index is 2.24. The second kappa shape index (κ2) is 5.06. The monoisotopic (exact) mass is 270 g/mol. The first-order valence-electron chi connectivity index (χ1n) is 6.77. The third-order valence-electron chi connectivity index (χ3n) is 3.55. The third-order valence-corrected chi connectivity index (χ3v) is 3.55. The number of nitrogens with two attached hydrogens (primary N) is 1. The van der Waals surface area contributed by atoms with Crippen LogP contribution in [-0.2, 0) is 0 Å². The molecule has 0 aliphatic carbocycles. The van der Waals surface area contributed by atoms with Gasteiger partial charge in [0.05, 0.1) is 11.1 Å². The summed E-state index contributed by atoms with van der Waals surface area (Å²) in [6, 6.07) is 9.96. The molecular formula is C16H18N2O2. The fraction of sp³-hybridized carbons (Fsp3) is 0.250. The predicted molar refractivity (Wildman–Crippen MR) is 83.1 cm³/mol. The summed E-state index contributed by atoms with van der Waals surface area (Å²) >= 11 is 0. The molecule has 0 fully saturated rings. The molecule has 0 aliphatic rings. The van der Waals surface area contributed by atoms with Gasteiger partial charge in [-0.2, -0.15) is 0 Å². The molecule has 1 heterocycles. The number of para-hydroxylation sites is 1. The number of aliphatic hydroxyl groups excluding tert-OH is 1. The maximum Gasteiger partial charge on any atom is 0.160 e. The standard InChI is InChI=1S/C16H18N2O2/c1-10-9-12(18-7-4-8-19)14-11-5-2-3-6-13(11)20-16(14)15(10)17/h2-3,5-6,9,18-19H,4,7-8,17H2,1H3. The molecule has 0 atom stereocenters. The zero-order chi connectivity index (χ0) is 14.1. The Morgan fingerprint density at radius 2 is 2.10 bits per heavy atom. The van der Waals surface area contributed by atoms with Gasteiger partial charge in [-0.15, -0.1) is 0 Å². The van der Waals surface area contributed by atoms with Crippen LogP contribution in [0.5, 0.6) is 0 Å². The van der Waals surface area contributed by atoms with Gasteiger partial charge >= 0.3 is 0 Å². The van der Waals surface area contributed by atoms with Crippen LogP contribution in [0.1, 0.15) is 12.0 Å². The highest BCUT2D eigenvalue weighted by atomic mass is 16.3. The number of rotatable bonds is 4. The summed E-state index contributed by atoms with van der Waals surface area (Å²) in [6.07, 6.45) is 0.709. The van der Waals surface area contributed by atoms with Crippen molar-refractivity contribution in [3.05, 3.63) is 35.9 Å². The number of nitrogen functional groups attached to an aromatic ring is 1. The molecule has 0 radical (unpaired) electrons. The van der Waals surface area contributed by atoms with E-state index in [1.54, 1.807) is 0 Å². The van der Waals surface area contributed by atoms with Crippen molar-refractivity contribution in [1.82, 2.24) is 0 Å². The molecule has 0 saturated carbocycles. The van der Waals surface area contributed by atoms with Crippen molar-refractivity contribution in [3.8, 4) is 0 Å². The summed E-state index contributed by atoms with van der Waals surface area (Å²) in [7, 11) is 0. The minimum absolute atomic E-state index is 0.177.